The zero-order valence-electron chi connectivity index (χ0n) is 10.0. The summed E-state index contributed by atoms with van der Waals surface area (Å²) in [5, 5.41) is 1.85. The lowest BCUT2D eigenvalue weighted by Crippen LogP contribution is -2.04. The van der Waals surface area contributed by atoms with Crippen LogP contribution in [0.15, 0.2) is 41.2 Å². The maximum atomic E-state index is 13.5. The molecule has 0 spiro atoms. The molecule has 0 unspecified atom stereocenters. The lowest BCUT2D eigenvalue weighted by molar-refractivity contribution is 0.629. The Hall–Kier alpha value is -2.27. The zero-order chi connectivity index (χ0) is 13.9. The Balaban J connectivity index is 2.39. The average molecular weight is 287 g/mol. The molecule has 0 saturated heterocycles. The Labute approximate surface area is 115 Å². The highest BCUT2D eigenvalue weighted by Crippen LogP contribution is 2.36. The Kier molecular flexibility index (Phi) is 2.23. The molecule has 5 heteroatoms. The molecule has 0 aliphatic heterocycles. The molecular formula is C15H7F2NOS. The van der Waals surface area contributed by atoms with Crippen molar-refractivity contribution in [2.24, 2.45) is 0 Å². The van der Waals surface area contributed by atoms with Crippen LogP contribution in [0.4, 0.5) is 8.78 Å². The van der Waals surface area contributed by atoms with Crippen molar-refractivity contribution in [2.75, 3.05) is 0 Å². The second kappa shape index (κ2) is 3.86. The monoisotopic (exact) mass is 287 g/mol. The van der Waals surface area contributed by atoms with E-state index in [1.165, 1.54) is 41.7 Å². The van der Waals surface area contributed by atoms with Gasteiger partial charge in [0, 0.05) is 26.4 Å². The first-order valence-corrected chi connectivity index (χ1v) is 6.78. The van der Waals surface area contributed by atoms with Crippen LogP contribution in [0.2, 0.25) is 0 Å². The number of nitrogens with one attached hydrogen (secondary N) is 1. The van der Waals surface area contributed by atoms with E-state index in [-0.39, 0.29) is 17.2 Å². The summed E-state index contributed by atoms with van der Waals surface area (Å²) >= 11 is 1.28. The van der Waals surface area contributed by atoms with Gasteiger partial charge < -0.3 is 4.98 Å². The van der Waals surface area contributed by atoms with Gasteiger partial charge in [-0.25, -0.2) is 8.78 Å². The largest absolute Gasteiger partial charge is 0.321 e. The maximum absolute atomic E-state index is 13.5. The molecule has 0 atom stereocenters. The molecule has 2 heterocycles. The van der Waals surface area contributed by atoms with Crippen LogP contribution in [0.3, 0.4) is 0 Å². The second-order valence-electron chi connectivity index (χ2n) is 4.59. The lowest BCUT2D eigenvalue weighted by Gasteiger charge is -2.00. The highest BCUT2D eigenvalue weighted by molar-refractivity contribution is 7.25. The molecule has 1 N–H and O–H groups in total. The van der Waals surface area contributed by atoms with Gasteiger partial charge in [-0.15, -0.1) is 11.3 Å². The van der Waals surface area contributed by atoms with Crippen molar-refractivity contribution < 1.29 is 8.78 Å². The first-order chi connectivity index (χ1) is 9.63. The number of hydrogen-bond donors (Lipinski definition) is 1. The molecule has 0 saturated carbocycles. The van der Waals surface area contributed by atoms with Crippen molar-refractivity contribution in [3.8, 4) is 0 Å². The molecule has 0 bridgehead atoms. The summed E-state index contributed by atoms with van der Waals surface area (Å²) < 4.78 is 28.3. The fourth-order valence-corrected chi connectivity index (χ4v) is 3.60. The van der Waals surface area contributed by atoms with Crippen LogP contribution in [-0.4, -0.2) is 4.98 Å². The van der Waals surface area contributed by atoms with Gasteiger partial charge in [0.2, 0.25) is 0 Å². The van der Waals surface area contributed by atoms with Crippen LogP contribution in [0.5, 0.6) is 0 Å². The van der Waals surface area contributed by atoms with E-state index in [1.807, 2.05) is 0 Å². The molecule has 20 heavy (non-hydrogen) atoms. The van der Waals surface area contributed by atoms with E-state index in [0.29, 0.717) is 26.4 Å². The van der Waals surface area contributed by atoms with Crippen LogP contribution >= 0.6 is 11.3 Å². The van der Waals surface area contributed by atoms with Crippen molar-refractivity contribution >= 4 is 42.4 Å². The summed E-state index contributed by atoms with van der Waals surface area (Å²) in [7, 11) is 0. The van der Waals surface area contributed by atoms with Gasteiger partial charge >= 0.3 is 0 Å². The number of H-pyrrole nitrogens is 1. The van der Waals surface area contributed by atoms with Crippen molar-refractivity contribution in [3.63, 3.8) is 0 Å². The summed E-state index contributed by atoms with van der Waals surface area (Å²) in [6, 6.07) is 8.56. The fraction of sp³-hybridized carbons (Fsp3) is 0. The molecule has 0 aliphatic rings. The first-order valence-electron chi connectivity index (χ1n) is 5.97. The molecule has 4 aromatic rings. The smallest absolute Gasteiger partial charge is 0.266 e. The number of pyridine rings is 1. The SMILES string of the molecule is O=c1[nH]c2ccc(F)cc2c2c1sc1ccc(F)cc12. The Morgan fingerprint density at radius 3 is 2.45 bits per heavy atom. The standard InChI is InChI=1S/C15H7F2NOS/c16-7-1-3-11-9(5-7)13-10-6-8(17)2-4-12(10)20-14(13)15(19)18-11/h1-6H,(H,18,19). The number of halogens is 2. The van der Waals surface area contributed by atoms with Gasteiger partial charge in [-0.05, 0) is 36.4 Å². The van der Waals surface area contributed by atoms with E-state index in [4.69, 9.17) is 0 Å². The molecule has 2 aromatic heterocycles. The summed E-state index contributed by atoms with van der Waals surface area (Å²) in [6.07, 6.45) is 0. The first kappa shape index (κ1) is 11.5. The Morgan fingerprint density at radius 1 is 0.950 bits per heavy atom. The number of rotatable bonds is 0. The normalized spacial score (nSPS) is 11.7. The summed E-state index contributed by atoms with van der Waals surface area (Å²) in [5.74, 6) is -0.761. The Morgan fingerprint density at radius 2 is 1.65 bits per heavy atom. The quantitative estimate of drug-likeness (QED) is 0.517. The molecule has 0 fully saturated rings. The minimum atomic E-state index is -0.387. The van der Waals surface area contributed by atoms with E-state index in [9.17, 15) is 13.6 Å². The predicted molar refractivity (Wildman–Crippen MR) is 77.4 cm³/mol. The lowest BCUT2D eigenvalue weighted by atomic mass is 10.1. The van der Waals surface area contributed by atoms with E-state index in [2.05, 4.69) is 4.98 Å². The van der Waals surface area contributed by atoms with Crippen molar-refractivity contribution in [1.82, 2.24) is 4.98 Å². The number of aromatic nitrogens is 1. The molecule has 2 aromatic carbocycles. The number of benzene rings is 2. The number of hydrogen-bond acceptors (Lipinski definition) is 2. The highest BCUT2D eigenvalue weighted by atomic mass is 32.1. The van der Waals surface area contributed by atoms with Gasteiger partial charge in [0.15, 0.2) is 0 Å². The Bertz CT molecular complexity index is 1050. The van der Waals surface area contributed by atoms with E-state index >= 15 is 0 Å². The zero-order valence-corrected chi connectivity index (χ0v) is 10.9. The number of fused-ring (bicyclic) bond motifs is 5. The van der Waals surface area contributed by atoms with Gasteiger partial charge in [-0.2, -0.15) is 0 Å². The van der Waals surface area contributed by atoms with E-state index in [1.54, 1.807) is 6.07 Å². The number of thiophene rings is 1. The molecule has 0 aliphatic carbocycles. The third-order valence-electron chi connectivity index (χ3n) is 3.36. The van der Waals surface area contributed by atoms with Gasteiger partial charge in [-0.1, -0.05) is 0 Å². The van der Waals surface area contributed by atoms with Crippen LogP contribution in [0, 0.1) is 11.6 Å². The topological polar surface area (TPSA) is 32.9 Å². The average Bonchev–Trinajstić information content (AvgIpc) is 2.79. The van der Waals surface area contributed by atoms with E-state index < -0.39 is 0 Å². The van der Waals surface area contributed by atoms with Gasteiger partial charge in [-0.3, -0.25) is 4.79 Å². The molecule has 98 valence electrons. The fourth-order valence-electron chi connectivity index (χ4n) is 2.51. The third kappa shape index (κ3) is 1.50. The summed E-state index contributed by atoms with van der Waals surface area (Å²) in [5.41, 5.74) is 0.313. The highest BCUT2D eigenvalue weighted by Gasteiger charge is 2.13. The molecular weight excluding hydrogens is 280 g/mol. The minimum absolute atomic E-state index is 0.235. The molecule has 0 amide bonds. The number of aromatic amines is 1. The van der Waals surface area contributed by atoms with Gasteiger partial charge in [0.25, 0.3) is 5.56 Å². The van der Waals surface area contributed by atoms with Crippen LogP contribution in [-0.2, 0) is 0 Å². The molecule has 4 rings (SSSR count). The van der Waals surface area contributed by atoms with Crippen LogP contribution < -0.4 is 5.56 Å². The van der Waals surface area contributed by atoms with Crippen LogP contribution in [0.25, 0.3) is 31.1 Å². The minimum Gasteiger partial charge on any atom is -0.321 e. The predicted octanol–water partition coefficient (Wildman–Crippen LogP) is 4.17. The summed E-state index contributed by atoms with van der Waals surface area (Å²) in [4.78, 5) is 14.8. The van der Waals surface area contributed by atoms with E-state index in [0.717, 1.165) is 4.70 Å². The molecule has 2 nitrogen and oxygen atoms in total. The van der Waals surface area contributed by atoms with Gasteiger partial charge in [0.05, 0.1) is 0 Å². The van der Waals surface area contributed by atoms with Crippen LogP contribution in [0.1, 0.15) is 0 Å². The van der Waals surface area contributed by atoms with Crippen molar-refractivity contribution in [2.45, 2.75) is 0 Å². The van der Waals surface area contributed by atoms with Crippen molar-refractivity contribution in [1.29, 1.82) is 0 Å². The second-order valence-corrected chi connectivity index (χ2v) is 5.64. The summed E-state index contributed by atoms with van der Waals surface area (Å²) in [6.45, 7) is 0. The van der Waals surface area contributed by atoms with Crippen molar-refractivity contribution in [3.05, 3.63) is 58.4 Å². The maximum Gasteiger partial charge on any atom is 0.266 e. The van der Waals surface area contributed by atoms with Gasteiger partial charge in [0.1, 0.15) is 16.3 Å². The third-order valence-corrected chi connectivity index (χ3v) is 4.52. The molecule has 0 radical (unpaired) electrons.